The van der Waals surface area contributed by atoms with Crippen LogP contribution in [0.5, 0.6) is 0 Å². The van der Waals surface area contributed by atoms with Gasteiger partial charge in [0.2, 0.25) is 0 Å². The Morgan fingerprint density at radius 3 is 2.44 bits per heavy atom. The summed E-state index contributed by atoms with van der Waals surface area (Å²) < 4.78 is 5.71. The van der Waals surface area contributed by atoms with E-state index in [4.69, 9.17) is 4.74 Å². The van der Waals surface area contributed by atoms with E-state index in [1.54, 1.807) is 6.26 Å². The standard InChI is InChI=1S/C15H12O/c1-2-7-13(8-3-1)15-14-9-5-4-6-12(14)10-11-16-15/h1-11,15H/t15-/m1/s1. The fourth-order valence-corrected chi connectivity index (χ4v) is 2.05. The molecule has 1 nitrogen and oxygen atoms in total. The molecular formula is C15H12O. The molecule has 1 heterocycles. The van der Waals surface area contributed by atoms with Crippen molar-refractivity contribution in [3.63, 3.8) is 0 Å². The zero-order chi connectivity index (χ0) is 10.8. The largest absolute Gasteiger partial charge is 0.489 e. The van der Waals surface area contributed by atoms with Gasteiger partial charge in [-0.3, -0.25) is 0 Å². The highest BCUT2D eigenvalue weighted by molar-refractivity contribution is 5.57. The lowest BCUT2D eigenvalue weighted by atomic mass is 9.95. The first-order chi connectivity index (χ1) is 7.95. The van der Waals surface area contributed by atoms with Crippen LogP contribution in [0.2, 0.25) is 0 Å². The van der Waals surface area contributed by atoms with E-state index >= 15 is 0 Å². The fourth-order valence-electron chi connectivity index (χ4n) is 2.05. The van der Waals surface area contributed by atoms with Crippen molar-refractivity contribution < 1.29 is 4.74 Å². The first-order valence-electron chi connectivity index (χ1n) is 5.41. The summed E-state index contributed by atoms with van der Waals surface area (Å²) in [6, 6.07) is 18.6. The van der Waals surface area contributed by atoms with Crippen LogP contribution in [0.1, 0.15) is 22.8 Å². The van der Waals surface area contributed by atoms with E-state index in [1.807, 2.05) is 24.3 Å². The van der Waals surface area contributed by atoms with Crippen LogP contribution in [-0.2, 0) is 4.74 Å². The Balaban J connectivity index is 2.09. The lowest BCUT2D eigenvalue weighted by Crippen LogP contribution is -2.07. The summed E-state index contributed by atoms with van der Waals surface area (Å²) in [4.78, 5) is 0. The van der Waals surface area contributed by atoms with Crippen LogP contribution in [0.4, 0.5) is 0 Å². The molecule has 1 atom stereocenters. The molecule has 0 aromatic heterocycles. The number of fused-ring (bicyclic) bond motifs is 1. The molecule has 0 saturated heterocycles. The molecule has 0 amide bonds. The lowest BCUT2D eigenvalue weighted by molar-refractivity contribution is 0.181. The van der Waals surface area contributed by atoms with Crippen LogP contribution in [-0.4, -0.2) is 0 Å². The zero-order valence-corrected chi connectivity index (χ0v) is 8.84. The minimum Gasteiger partial charge on any atom is -0.489 e. The van der Waals surface area contributed by atoms with Crippen molar-refractivity contribution in [2.24, 2.45) is 0 Å². The molecule has 0 fully saturated rings. The van der Waals surface area contributed by atoms with E-state index in [2.05, 4.69) is 36.4 Å². The molecule has 78 valence electrons. The Bertz CT molecular complexity index is 514. The molecule has 0 spiro atoms. The maximum absolute atomic E-state index is 5.71. The number of rotatable bonds is 1. The summed E-state index contributed by atoms with van der Waals surface area (Å²) in [6.07, 6.45) is 3.82. The van der Waals surface area contributed by atoms with Crippen molar-refractivity contribution in [1.29, 1.82) is 0 Å². The third-order valence-corrected chi connectivity index (χ3v) is 2.84. The zero-order valence-electron chi connectivity index (χ0n) is 8.84. The Kier molecular flexibility index (Phi) is 2.22. The monoisotopic (exact) mass is 208 g/mol. The Labute approximate surface area is 95.0 Å². The molecule has 16 heavy (non-hydrogen) atoms. The van der Waals surface area contributed by atoms with Crippen molar-refractivity contribution in [2.75, 3.05) is 0 Å². The van der Waals surface area contributed by atoms with Crippen molar-refractivity contribution in [2.45, 2.75) is 6.10 Å². The average molecular weight is 208 g/mol. The Hall–Kier alpha value is -2.02. The van der Waals surface area contributed by atoms with Gasteiger partial charge in [0.05, 0.1) is 6.26 Å². The van der Waals surface area contributed by atoms with Gasteiger partial charge in [0.1, 0.15) is 6.10 Å². The van der Waals surface area contributed by atoms with Crippen molar-refractivity contribution in [3.8, 4) is 0 Å². The van der Waals surface area contributed by atoms with Crippen molar-refractivity contribution >= 4 is 6.08 Å². The third kappa shape index (κ3) is 1.50. The Morgan fingerprint density at radius 2 is 1.56 bits per heavy atom. The van der Waals surface area contributed by atoms with Gasteiger partial charge in [-0.25, -0.2) is 0 Å². The van der Waals surface area contributed by atoms with E-state index < -0.39 is 0 Å². The molecule has 0 aliphatic carbocycles. The third-order valence-electron chi connectivity index (χ3n) is 2.84. The van der Waals surface area contributed by atoms with E-state index in [-0.39, 0.29) is 6.10 Å². The van der Waals surface area contributed by atoms with Gasteiger partial charge in [-0.1, -0.05) is 54.6 Å². The smallest absolute Gasteiger partial charge is 0.149 e. The second-order valence-corrected chi connectivity index (χ2v) is 3.86. The first kappa shape index (κ1) is 9.22. The lowest BCUT2D eigenvalue weighted by Gasteiger charge is -2.22. The van der Waals surface area contributed by atoms with Gasteiger partial charge in [0.15, 0.2) is 0 Å². The van der Waals surface area contributed by atoms with E-state index in [1.165, 1.54) is 16.7 Å². The quantitative estimate of drug-likeness (QED) is 0.693. The SMILES string of the molecule is C1=Cc2ccccc2[C@@H](c2ccccc2)O1. The minimum atomic E-state index is 0.0300. The molecule has 2 aromatic rings. The molecule has 3 rings (SSSR count). The molecule has 1 aliphatic rings. The minimum absolute atomic E-state index is 0.0300. The van der Waals surface area contributed by atoms with Crippen LogP contribution in [0.25, 0.3) is 6.08 Å². The van der Waals surface area contributed by atoms with Gasteiger partial charge in [-0.05, 0) is 17.2 Å². The summed E-state index contributed by atoms with van der Waals surface area (Å²) >= 11 is 0. The number of ether oxygens (including phenoxy) is 1. The van der Waals surface area contributed by atoms with Crippen molar-refractivity contribution in [3.05, 3.63) is 77.5 Å². The van der Waals surface area contributed by atoms with Gasteiger partial charge in [-0.15, -0.1) is 0 Å². The van der Waals surface area contributed by atoms with Crippen LogP contribution >= 0.6 is 0 Å². The van der Waals surface area contributed by atoms with Crippen molar-refractivity contribution in [1.82, 2.24) is 0 Å². The number of hydrogen-bond acceptors (Lipinski definition) is 1. The summed E-state index contributed by atoms with van der Waals surface area (Å²) in [5.74, 6) is 0. The second kappa shape index (κ2) is 3.86. The normalized spacial score (nSPS) is 17.6. The summed E-state index contributed by atoms with van der Waals surface area (Å²) in [6.45, 7) is 0. The molecule has 0 unspecified atom stereocenters. The van der Waals surface area contributed by atoms with Crippen LogP contribution in [0, 0.1) is 0 Å². The van der Waals surface area contributed by atoms with E-state index in [9.17, 15) is 0 Å². The maximum atomic E-state index is 5.71. The molecule has 0 bridgehead atoms. The van der Waals surface area contributed by atoms with Crippen LogP contribution in [0.15, 0.2) is 60.9 Å². The van der Waals surface area contributed by atoms with Gasteiger partial charge < -0.3 is 4.74 Å². The second-order valence-electron chi connectivity index (χ2n) is 3.86. The first-order valence-corrected chi connectivity index (χ1v) is 5.41. The molecular weight excluding hydrogens is 196 g/mol. The molecule has 1 aliphatic heterocycles. The molecule has 0 saturated carbocycles. The molecule has 0 radical (unpaired) electrons. The van der Waals surface area contributed by atoms with Gasteiger partial charge in [0.25, 0.3) is 0 Å². The molecule has 2 aromatic carbocycles. The predicted octanol–water partition coefficient (Wildman–Crippen LogP) is 3.78. The van der Waals surface area contributed by atoms with Crippen LogP contribution < -0.4 is 0 Å². The molecule has 0 N–H and O–H groups in total. The highest BCUT2D eigenvalue weighted by Gasteiger charge is 2.19. The van der Waals surface area contributed by atoms with E-state index in [0.717, 1.165) is 0 Å². The van der Waals surface area contributed by atoms with Gasteiger partial charge >= 0.3 is 0 Å². The van der Waals surface area contributed by atoms with Gasteiger partial charge in [-0.2, -0.15) is 0 Å². The highest BCUT2D eigenvalue weighted by atomic mass is 16.5. The predicted molar refractivity (Wildman–Crippen MR) is 64.8 cm³/mol. The van der Waals surface area contributed by atoms with Gasteiger partial charge in [0, 0.05) is 5.56 Å². The van der Waals surface area contributed by atoms with E-state index in [0.29, 0.717) is 0 Å². The summed E-state index contributed by atoms with van der Waals surface area (Å²) in [5, 5.41) is 0. The molecule has 1 heteroatoms. The number of benzene rings is 2. The summed E-state index contributed by atoms with van der Waals surface area (Å²) in [5.41, 5.74) is 3.66. The number of hydrogen-bond donors (Lipinski definition) is 0. The average Bonchev–Trinajstić information content (AvgIpc) is 2.39. The Morgan fingerprint density at radius 1 is 0.812 bits per heavy atom. The highest BCUT2D eigenvalue weighted by Crippen LogP contribution is 2.32. The fraction of sp³-hybridized carbons (Fsp3) is 0.0667. The maximum Gasteiger partial charge on any atom is 0.149 e. The summed E-state index contributed by atoms with van der Waals surface area (Å²) in [7, 11) is 0. The van der Waals surface area contributed by atoms with Crippen LogP contribution in [0.3, 0.4) is 0 Å². The topological polar surface area (TPSA) is 9.23 Å².